The Morgan fingerprint density at radius 3 is 2.57 bits per heavy atom. The number of benzene rings is 1. The zero-order valence-corrected chi connectivity index (χ0v) is 13.3. The summed E-state index contributed by atoms with van der Waals surface area (Å²) in [5.74, 6) is 1.49. The lowest BCUT2D eigenvalue weighted by Gasteiger charge is -2.32. The van der Waals surface area contributed by atoms with Crippen molar-refractivity contribution in [3.05, 3.63) is 29.6 Å². The molecule has 2 N–H and O–H groups in total. The van der Waals surface area contributed by atoms with Gasteiger partial charge in [-0.2, -0.15) is 0 Å². The minimum absolute atomic E-state index is 0.139. The molecule has 1 unspecified atom stereocenters. The number of hydrogen-bond donors (Lipinski definition) is 1. The molecule has 0 bridgehead atoms. The van der Waals surface area contributed by atoms with Gasteiger partial charge in [-0.05, 0) is 48.8 Å². The summed E-state index contributed by atoms with van der Waals surface area (Å²) in [6, 6.07) is 5.31. The van der Waals surface area contributed by atoms with Gasteiger partial charge in [0.25, 0.3) is 0 Å². The van der Waals surface area contributed by atoms with Gasteiger partial charge >= 0.3 is 0 Å². The van der Waals surface area contributed by atoms with Crippen LogP contribution in [0.3, 0.4) is 0 Å². The van der Waals surface area contributed by atoms with Crippen LogP contribution in [0.4, 0.5) is 4.39 Å². The van der Waals surface area contributed by atoms with E-state index in [4.69, 9.17) is 10.5 Å². The molecular weight excluding hydrogens is 265 g/mol. The van der Waals surface area contributed by atoms with Crippen LogP contribution in [0.2, 0.25) is 0 Å². The maximum Gasteiger partial charge on any atom is 0.165 e. The number of methoxy groups -OCH3 is 1. The first-order valence-corrected chi connectivity index (χ1v) is 8.22. The monoisotopic (exact) mass is 293 g/mol. The first-order chi connectivity index (χ1) is 10.1. The van der Waals surface area contributed by atoms with Gasteiger partial charge in [-0.25, -0.2) is 4.39 Å². The molecule has 118 valence electrons. The molecule has 21 heavy (non-hydrogen) atoms. The predicted octanol–water partition coefficient (Wildman–Crippen LogP) is 4.31. The van der Waals surface area contributed by atoms with Crippen molar-refractivity contribution in [2.45, 2.75) is 57.9 Å². The van der Waals surface area contributed by atoms with Crippen molar-refractivity contribution < 1.29 is 9.13 Å². The second kappa shape index (κ2) is 7.79. The molecule has 0 heterocycles. The van der Waals surface area contributed by atoms with Crippen molar-refractivity contribution in [2.24, 2.45) is 17.6 Å². The summed E-state index contributed by atoms with van der Waals surface area (Å²) in [6.45, 7) is 2.26. The average Bonchev–Trinajstić information content (AvgIpc) is 2.48. The highest BCUT2D eigenvalue weighted by Gasteiger charge is 2.25. The zero-order valence-electron chi connectivity index (χ0n) is 13.3. The summed E-state index contributed by atoms with van der Waals surface area (Å²) in [4.78, 5) is 0. The van der Waals surface area contributed by atoms with E-state index in [1.165, 1.54) is 45.6 Å². The summed E-state index contributed by atoms with van der Waals surface area (Å²) in [5.41, 5.74) is 7.34. The largest absolute Gasteiger partial charge is 0.494 e. The van der Waals surface area contributed by atoms with Crippen LogP contribution in [-0.2, 0) is 6.42 Å². The Bertz CT molecular complexity index is 441. The van der Waals surface area contributed by atoms with Gasteiger partial charge in [0.15, 0.2) is 11.6 Å². The third-order valence-electron chi connectivity index (χ3n) is 4.88. The van der Waals surface area contributed by atoms with Crippen LogP contribution >= 0.6 is 0 Å². The molecule has 0 aliphatic heterocycles. The van der Waals surface area contributed by atoms with E-state index in [0.29, 0.717) is 11.7 Å². The molecule has 0 amide bonds. The fourth-order valence-corrected chi connectivity index (χ4v) is 3.59. The predicted molar refractivity (Wildman–Crippen MR) is 85.0 cm³/mol. The van der Waals surface area contributed by atoms with E-state index in [9.17, 15) is 4.39 Å². The fourth-order valence-electron chi connectivity index (χ4n) is 3.59. The number of hydrogen-bond acceptors (Lipinski definition) is 2. The van der Waals surface area contributed by atoms with Crippen molar-refractivity contribution in [3.8, 4) is 5.75 Å². The quantitative estimate of drug-likeness (QED) is 0.848. The third-order valence-corrected chi connectivity index (χ3v) is 4.88. The van der Waals surface area contributed by atoms with Crippen LogP contribution in [0.15, 0.2) is 18.2 Å². The SMILES string of the molecule is CCCC1CCC(C(N)Cc2ccc(OC)c(F)c2)CC1. The van der Waals surface area contributed by atoms with Gasteiger partial charge in [0.1, 0.15) is 0 Å². The molecule has 1 fully saturated rings. The third kappa shape index (κ3) is 4.44. The molecule has 1 saturated carbocycles. The highest BCUT2D eigenvalue weighted by molar-refractivity contribution is 5.29. The van der Waals surface area contributed by atoms with E-state index in [1.54, 1.807) is 12.1 Å². The molecule has 2 rings (SSSR count). The van der Waals surface area contributed by atoms with Crippen molar-refractivity contribution in [3.63, 3.8) is 0 Å². The lowest BCUT2D eigenvalue weighted by molar-refractivity contribution is 0.232. The zero-order chi connectivity index (χ0) is 15.2. The van der Waals surface area contributed by atoms with Gasteiger partial charge in [-0.15, -0.1) is 0 Å². The van der Waals surface area contributed by atoms with Gasteiger partial charge < -0.3 is 10.5 Å². The van der Waals surface area contributed by atoms with Crippen LogP contribution in [0, 0.1) is 17.7 Å². The van der Waals surface area contributed by atoms with E-state index in [2.05, 4.69) is 6.92 Å². The number of rotatable bonds is 6. The molecule has 2 nitrogen and oxygen atoms in total. The van der Waals surface area contributed by atoms with Crippen LogP contribution in [-0.4, -0.2) is 13.2 Å². The molecule has 3 heteroatoms. The highest BCUT2D eigenvalue weighted by Crippen LogP contribution is 2.33. The van der Waals surface area contributed by atoms with E-state index in [-0.39, 0.29) is 11.9 Å². The molecule has 0 saturated heterocycles. The molecule has 1 aromatic rings. The molecule has 1 aliphatic rings. The fraction of sp³-hybridized carbons (Fsp3) is 0.667. The minimum atomic E-state index is -0.297. The Kier molecular flexibility index (Phi) is 6.04. The first-order valence-electron chi connectivity index (χ1n) is 8.22. The van der Waals surface area contributed by atoms with Crippen LogP contribution < -0.4 is 10.5 Å². The molecule has 1 atom stereocenters. The second-order valence-corrected chi connectivity index (χ2v) is 6.41. The molecule has 0 aromatic heterocycles. The maximum absolute atomic E-state index is 13.7. The standard InChI is InChI=1S/C18H28FNO/c1-3-4-13-5-8-15(9-6-13)17(20)12-14-7-10-18(21-2)16(19)11-14/h7,10-11,13,15,17H,3-6,8-9,12,20H2,1-2H3. The Hall–Kier alpha value is -1.09. The van der Waals surface area contributed by atoms with E-state index >= 15 is 0 Å². The second-order valence-electron chi connectivity index (χ2n) is 6.41. The van der Waals surface area contributed by atoms with Gasteiger partial charge in [0.05, 0.1) is 7.11 Å². The summed E-state index contributed by atoms with van der Waals surface area (Å²) in [7, 11) is 1.48. The lowest BCUT2D eigenvalue weighted by atomic mass is 9.76. The Morgan fingerprint density at radius 1 is 1.29 bits per heavy atom. The normalized spacial score (nSPS) is 23.8. The van der Waals surface area contributed by atoms with Crippen LogP contribution in [0.1, 0.15) is 51.0 Å². The highest BCUT2D eigenvalue weighted by atomic mass is 19.1. The van der Waals surface area contributed by atoms with Crippen LogP contribution in [0.25, 0.3) is 0 Å². The number of nitrogens with two attached hydrogens (primary N) is 1. The molecule has 0 spiro atoms. The Morgan fingerprint density at radius 2 is 2.00 bits per heavy atom. The topological polar surface area (TPSA) is 35.2 Å². The van der Waals surface area contributed by atoms with E-state index in [0.717, 1.165) is 17.9 Å². The van der Waals surface area contributed by atoms with Gasteiger partial charge in [-0.1, -0.05) is 38.7 Å². The molecule has 0 radical (unpaired) electrons. The van der Waals surface area contributed by atoms with Gasteiger partial charge in [0.2, 0.25) is 0 Å². The molecule has 1 aliphatic carbocycles. The Balaban J connectivity index is 1.87. The van der Waals surface area contributed by atoms with Crippen molar-refractivity contribution in [1.82, 2.24) is 0 Å². The van der Waals surface area contributed by atoms with Crippen molar-refractivity contribution in [1.29, 1.82) is 0 Å². The number of ether oxygens (including phenoxy) is 1. The van der Waals surface area contributed by atoms with E-state index < -0.39 is 0 Å². The first kappa shape index (κ1) is 16.3. The van der Waals surface area contributed by atoms with Crippen LogP contribution in [0.5, 0.6) is 5.75 Å². The lowest BCUT2D eigenvalue weighted by Crippen LogP contribution is -2.35. The summed E-state index contributed by atoms with van der Waals surface area (Å²) in [6.07, 6.45) is 8.46. The average molecular weight is 293 g/mol. The Labute approximate surface area is 127 Å². The molecular formula is C18H28FNO. The molecule has 1 aromatic carbocycles. The summed E-state index contributed by atoms with van der Waals surface area (Å²) in [5, 5.41) is 0. The van der Waals surface area contributed by atoms with Crippen molar-refractivity contribution >= 4 is 0 Å². The van der Waals surface area contributed by atoms with Gasteiger partial charge in [0, 0.05) is 6.04 Å². The smallest absolute Gasteiger partial charge is 0.165 e. The van der Waals surface area contributed by atoms with Gasteiger partial charge in [-0.3, -0.25) is 0 Å². The minimum Gasteiger partial charge on any atom is -0.494 e. The van der Waals surface area contributed by atoms with Crippen molar-refractivity contribution in [2.75, 3.05) is 7.11 Å². The summed E-state index contributed by atoms with van der Waals surface area (Å²) >= 11 is 0. The maximum atomic E-state index is 13.7. The summed E-state index contributed by atoms with van der Waals surface area (Å²) < 4.78 is 18.7. The number of halogens is 1. The van der Waals surface area contributed by atoms with E-state index in [1.807, 2.05) is 6.07 Å².